The molecular weight excluding hydrogens is 360 g/mol. The Morgan fingerprint density at radius 1 is 0.929 bits per heavy atom. The third-order valence-corrected chi connectivity index (χ3v) is 3.77. The smallest absolute Gasteiger partial charge is 0.243 e. The zero-order valence-corrected chi connectivity index (χ0v) is 16.6. The van der Waals surface area contributed by atoms with Crippen LogP contribution in [-0.2, 0) is 16.0 Å². The second-order valence-electron chi connectivity index (χ2n) is 6.38. The molecule has 0 bridgehead atoms. The molecule has 0 aliphatic carbocycles. The molecule has 150 valence electrons. The van der Waals surface area contributed by atoms with E-state index in [1.807, 2.05) is 13.8 Å². The number of benzene rings is 2. The molecule has 2 N–H and O–H groups in total. The van der Waals surface area contributed by atoms with Crippen molar-refractivity contribution in [1.29, 1.82) is 0 Å². The van der Waals surface area contributed by atoms with Gasteiger partial charge in [0.2, 0.25) is 11.8 Å². The summed E-state index contributed by atoms with van der Waals surface area (Å²) in [6.45, 7) is 3.77. The van der Waals surface area contributed by atoms with Gasteiger partial charge in [-0.25, -0.2) is 0 Å². The van der Waals surface area contributed by atoms with Gasteiger partial charge in [0.15, 0.2) is 11.5 Å². The van der Waals surface area contributed by atoms with Crippen LogP contribution in [0.1, 0.15) is 19.4 Å². The number of nitrogens with one attached hydrogen (secondary N) is 2. The van der Waals surface area contributed by atoms with Crippen LogP contribution in [0.2, 0.25) is 0 Å². The quantitative estimate of drug-likeness (QED) is 0.692. The SMILES string of the molecule is COc1ccc(CC(=O)NCC(=O)Nc2ccc(OC(C)C)cc2)cc1OC. The number of rotatable bonds is 9. The number of ether oxygens (including phenoxy) is 3. The van der Waals surface area contributed by atoms with Crippen molar-refractivity contribution >= 4 is 17.5 Å². The van der Waals surface area contributed by atoms with Crippen molar-refractivity contribution in [3.8, 4) is 17.2 Å². The first-order chi connectivity index (χ1) is 13.4. The fraction of sp³-hybridized carbons (Fsp3) is 0.333. The van der Waals surface area contributed by atoms with Crippen molar-refractivity contribution in [2.24, 2.45) is 0 Å². The van der Waals surface area contributed by atoms with E-state index >= 15 is 0 Å². The number of methoxy groups -OCH3 is 2. The summed E-state index contributed by atoms with van der Waals surface area (Å²) in [5.74, 6) is 1.31. The molecule has 2 aromatic rings. The minimum Gasteiger partial charge on any atom is -0.493 e. The highest BCUT2D eigenvalue weighted by atomic mass is 16.5. The standard InChI is InChI=1S/C21H26N2O5/c1-14(2)28-17-8-6-16(7-9-17)23-21(25)13-22-20(24)12-15-5-10-18(26-3)19(11-15)27-4/h5-11,14H,12-13H2,1-4H3,(H,22,24)(H,23,25). The summed E-state index contributed by atoms with van der Waals surface area (Å²) in [5.41, 5.74) is 1.39. The Bertz CT molecular complexity index is 803. The van der Waals surface area contributed by atoms with Crippen LogP contribution in [0.3, 0.4) is 0 Å². The van der Waals surface area contributed by atoms with Gasteiger partial charge in [-0.2, -0.15) is 0 Å². The molecule has 0 fully saturated rings. The van der Waals surface area contributed by atoms with Crippen LogP contribution in [-0.4, -0.2) is 38.7 Å². The number of carbonyl (C=O) groups excluding carboxylic acids is 2. The molecule has 7 nitrogen and oxygen atoms in total. The first-order valence-corrected chi connectivity index (χ1v) is 8.95. The van der Waals surface area contributed by atoms with E-state index in [2.05, 4.69) is 10.6 Å². The lowest BCUT2D eigenvalue weighted by Gasteiger charge is -2.11. The van der Waals surface area contributed by atoms with Crippen molar-refractivity contribution in [2.75, 3.05) is 26.1 Å². The van der Waals surface area contributed by atoms with Gasteiger partial charge < -0.3 is 24.8 Å². The first-order valence-electron chi connectivity index (χ1n) is 8.95. The van der Waals surface area contributed by atoms with Crippen molar-refractivity contribution in [3.05, 3.63) is 48.0 Å². The van der Waals surface area contributed by atoms with Crippen molar-refractivity contribution in [2.45, 2.75) is 26.4 Å². The molecule has 28 heavy (non-hydrogen) atoms. The van der Waals surface area contributed by atoms with Gasteiger partial charge in [-0.1, -0.05) is 6.07 Å². The van der Waals surface area contributed by atoms with Crippen molar-refractivity contribution in [1.82, 2.24) is 5.32 Å². The molecule has 0 atom stereocenters. The van der Waals surface area contributed by atoms with E-state index in [1.165, 1.54) is 7.11 Å². The molecule has 0 spiro atoms. The lowest BCUT2D eigenvalue weighted by molar-refractivity contribution is -0.123. The number of amides is 2. The maximum absolute atomic E-state index is 12.1. The van der Waals surface area contributed by atoms with E-state index in [0.717, 1.165) is 11.3 Å². The van der Waals surface area contributed by atoms with Gasteiger partial charge in [0, 0.05) is 5.69 Å². The van der Waals surface area contributed by atoms with Gasteiger partial charge in [-0.3, -0.25) is 9.59 Å². The van der Waals surface area contributed by atoms with Crippen molar-refractivity contribution in [3.63, 3.8) is 0 Å². The van der Waals surface area contributed by atoms with E-state index < -0.39 is 0 Å². The predicted octanol–water partition coefficient (Wildman–Crippen LogP) is 2.79. The maximum Gasteiger partial charge on any atom is 0.243 e. The lowest BCUT2D eigenvalue weighted by atomic mass is 10.1. The van der Waals surface area contributed by atoms with E-state index in [4.69, 9.17) is 14.2 Å². The lowest BCUT2D eigenvalue weighted by Crippen LogP contribution is -2.33. The van der Waals surface area contributed by atoms with E-state index in [1.54, 1.807) is 49.6 Å². The monoisotopic (exact) mass is 386 g/mol. The summed E-state index contributed by atoms with van der Waals surface area (Å²) in [6.07, 6.45) is 0.218. The fourth-order valence-corrected chi connectivity index (χ4v) is 2.51. The third-order valence-electron chi connectivity index (χ3n) is 3.77. The molecule has 0 aromatic heterocycles. The third kappa shape index (κ3) is 6.50. The van der Waals surface area contributed by atoms with E-state index in [0.29, 0.717) is 17.2 Å². The molecule has 0 aliphatic rings. The van der Waals surface area contributed by atoms with Crippen molar-refractivity contribution < 1.29 is 23.8 Å². The summed E-state index contributed by atoms with van der Waals surface area (Å²) in [7, 11) is 3.08. The van der Waals surface area contributed by atoms with Crippen LogP contribution in [0.15, 0.2) is 42.5 Å². The Kier molecular flexibility index (Phi) is 7.68. The highest BCUT2D eigenvalue weighted by Gasteiger charge is 2.10. The molecule has 0 aliphatic heterocycles. The molecule has 0 unspecified atom stereocenters. The highest BCUT2D eigenvalue weighted by Crippen LogP contribution is 2.27. The molecule has 0 saturated heterocycles. The minimum atomic E-state index is -0.307. The van der Waals surface area contributed by atoms with Gasteiger partial charge in [-0.05, 0) is 55.8 Å². The van der Waals surface area contributed by atoms with E-state index in [-0.39, 0.29) is 30.9 Å². The maximum atomic E-state index is 12.1. The Morgan fingerprint density at radius 2 is 1.61 bits per heavy atom. The fourth-order valence-electron chi connectivity index (χ4n) is 2.51. The summed E-state index contributed by atoms with van der Waals surface area (Å²) >= 11 is 0. The Balaban J connectivity index is 1.81. The normalized spacial score (nSPS) is 10.3. The molecule has 0 heterocycles. The molecule has 7 heteroatoms. The zero-order chi connectivity index (χ0) is 20.5. The molecule has 0 saturated carbocycles. The second kappa shape index (κ2) is 10.2. The predicted molar refractivity (Wildman–Crippen MR) is 107 cm³/mol. The zero-order valence-electron chi connectivity index (χ0n) is 16.6. The molecule has 2 aromatic carbocycles. The Morgan fingerprint density at radius 3 is 2.21 bits per heavy atom. The van der Waals surface area contributed by atoms with E-state index in [9.17, 15) is 9.59 Å². The summed E-state index contributed by atoms with van der Waals surface area (Å²) in [4.78, 5) is 24.1. The second-order valence-corrected chi connectivity index (χ2v) is 6.38. The molecular formula is C21H26N2O5. The van der Waals surface area contributed by atoms with Gasteiger partial charge >= 0.3 is 0 Å². The minimum absolute atomic E-state index is 0.0846. The van der Waals surface area contributed by atoms with Gasteiger partial charge in [0.25, 0.3) is 0 Å². The highest BCUT2D eigenvalue weighted by molar-refractivity contribution is 5.94. The summed E-state index contributed by atoms with van der Waals surface area (Å²) < 4.78 is 15.9. The molecule has 2 rings (SSSR count). The Hall–Kier alpha value is -3.22. The van der Waals surface area contributed by atoms with Crippen LogP contribution >= 0.6 is 0 Å². The molecule has 2 amide bonds. The molecule has 0 radical (unpaired) electrons. The first kappa shape index (κ1) is 21.1. The topological polar surface area (TPSA) is 85.9 Å². The largest absolute Gasteiger partial charge is 0.493 e. The summed E-state index contributed by atoms with van der Waals surface area (Å²) in [5, 5.41) is 5.34. The number of hydrogen-bond acceptors (Lipinski definition) is 5. The summed E-state index contributed by atoms with van der Waals surface area (Å²) in [6, 6.07) is 12.3. The van der Waals surface area contributed by atoms with Crippen LogP contribution in [0.5, 0.6) is 17.2 Å². The van der Waals surface area contributed by atoms with Gasteiger partial charge in [0.05, 0.1) is 33.3 Å². The Labute approximate surface area is 165 Å². The van der Waals surface area contributed by atoms with Crippen LogP contribution in [0.25, 0.3) is 0 Å². The van der Waals surface area contributed by atoms with Gasteiger partial charge in [-0.15, -0.1) is 0 Å². The average Bonchev–Trinajstić information content (AvgIpc) is 2.67. The van der Waals surface area contributed by atoms with Crippen LogP contribution in [0.4, 0.5) is 5.69 Å². The number of hydrogen-bond donors (Lipinski definition) is 2. The average molecular weight is 386 g/mol. The van der Waals surface area contributed by atoms with Crippen LogP contribution in [0, 0.1) is 0 Å². The van der Waals surface area contributed by atoms with Crippen LogP contribution < -0.4 is 24.8 Å². The number of carbonyl (C=O) groups is 2. The van der Waals surface area contributed by atoms with Gasteiger partial charge in [0.1, 0.15) is 5.75 Å². The number of anilines is 1.